The second kappa shape index (κ2) is 18.5. The number of rotatable bonds is 14. The molecule has 0 aliphatic heterocycles. The van der Waals surface area contributed by atoms with Crippen LogP contribution >= 0.6 is 23.1 Å². The molecule has 1 aliphatic rings. The van der Waals surface area contributed by atoms with Crippen molar-refractivity contribution in [3.8, 4) is 17.2 Å². The summed E-state index contributed by atoms with van der Waals surface area (Å²) in [4.78, 5) is 55.1. The maximum Gasteiger partial charge on any atom is 0.341 e. The summed E-state index contributed by atoms with van der Waals surface area (Å²) in [5, 5.41) is 9.05. The molecular formula is C43H41N3O8S2. The first kappa shape index (κ1) is 39.6. The maximum absolute atomic E-state index is 13.8. The van der Waals surface area contributed by atoms with Crippen LogP contribution in [0.2, 0.25) is 0 Å². The number of thioether (sulfide) groups is 1. The molecular weight excluding hydrogens is 751 g/mol. The molecule has 1 heterocycles. The molecule has 6 rings (SSSR count). The lowest BCUT2D eigenvalue weighted by atomic mass is 9.83. The Bertz CT molecular complexity index is 2260. The number of hydrogen-bond acceptors (Lipinski definition) is 10. The van der Waals surface area contributed by atoms with Gasteiger partial charge in [-0.15, -0.1) is 23.1 Å². The lowest BCUT2D eigenvalue weighted by Crippen LogP contribution is -2.30. The Kier molecular flexibility index (Phi) is 13.1. The molecule has 0 saturated heterocycles. The number of carbonyl (C=O) groups excluding carboxylic acids is 4. The molecule has 1 aromatic heterocycles. The zero-order chi connectivity index (χ0) is 39.6. The van der Waals surface area contributed by atoms with Crippen LogP contribution < -0.4 is 30.2 Å². The molecule has 1 unspecified atom stereocenters. The van der Waals surface area contributed by atoms with Gasteiger partial charge in [-0.3, -0.25) is 14.4 Å². The van der Waals surface area contributed by atoms with Gasteiger partial charge in [-0.05, 0) is 78.8 Å². The normalized spacial score (nSPS) is 13.5. The molecule has 13 heteroatoms. The van der Waals surface area contributed by atoms with E-state index in [1.165, 1.54) is 63.2 Å². The van der Waals surface area contributed by atoms with Crippen LogP contribution in [0.25, 0.3) is 6.08 Å². The highest BCUT2D eigenvalue weighted by atomic mass is 32.2. The van der Waals surface area contributed by atoms with Crippen molar-refractivity contribution in [3.63, 3.8) is 0 Å². The average molecular weight is 792 g/mol. The molecule has 288 valence electrons. The minimum atomic E-state index is -0.600. The van der Waals surface area contributed by atoms with Crippen molar-refractivity contribution >= 4 is 63.6 Å². The van der Waals surface area contributed by atoms with Crippen LogP contribution in [0, 0.1) is 0 Å². The highest BCUT2D eigenvalue weighted by Gasteiger charge is 2.31. The molecule has 3 N–H and O–H groups in total. The Morgan fingerprint density at radius 1 is 0.804 bits per heavy atom. The van der Waals surface area contributed by atoms with Crippen molar-refractivity contribution < 1.29 is 38.1 Å². The number of anilines is 2. The van der Waals surface area contributed by atoms with Crippen molar-refractivity contribution in [2.45, 2.75) is 30.1 Å². The number of amides is 3. The third kappa shape index (κ3) is 9.42. The fourth-order valence-electron chi connectivity index (χ4n) is 6.44. The van der Waals surface area contributed by atoms with Gasteiger partial charge in [0.05, 0.1) is 39.8 Å². The van der Waals surface area contributed by atoms with Gasteiger partial charge in [0.25, 0.3) is 11.8 Å². The van der Waals surface area contributed by atoms with E-state index in [4.69, 9.17) is 18.9 Å². The van der Waals surface area contributed by atoms with Crippen molar-refractivity contribution in [1.82, 2.24) is 5.32 Å². The Labute approximate surface area is 333 Å². The molecule has 0 bridgehead atoms. The van der Waals surface area contributed by atoms with Crippen LogP contribution in [-0.2, 0) is 27.2 Å². The van der Waals surface area contributed by atoms with Crippen molar-refractivity contribution in [2.24, 2.45) is 0 Å². The zero-order valence-electron chi connectivity index (χ0n) is 31.3. The van der Waals surface area contributed by atoms with Crippen LogP contribution in [-0.4, -0.2) is 57.9 Å². The Morgan fingerprint density at radius 2 is 1.50 bits per heavy atom. The minimum Gasteiger partial charge on any atom is -0.496 e. The van der Waals surface area contributed by atoms with Crippen LogP contribution in [0.15, 0.2) is 108 Å². The lowest BCUT2D eigenvalue weighted by molar-refractivity contribution is -0.114. The van der Waals surface area contributed by atoms with E-state index in [0.29, 0.717) is 61.9 Å². The van der Waals surface area contributed by atoms with Crippen molar-refractivity contribution in [1.29, 1.82) is 0 Å². The fraction of sp³-hybridized carbons (Fsp3) is 0.209. The third-order valence-corrected chi connectivity index (χ3v) is 11.4. The number of nitrogens with one attached hydrogen (secondary N) is 3. The van der Waals surface area contributed by atoms with Crippen molar-refractivity contribution in [3.05, 3.63) is 135 Å². The second-order valence-corrected chi connectivity index (χ2v) is 14.8. The van der Waals surface area contributed by atoms with E-state index in [0.717, 1.165) is 23.3 Å². The first-order valence-electron chi connectivity index (χ1n) is 17.7. The summed E-state index contributed by atoms with van der Waals surface area (Å²) in [5.74, 6) is -0.243. The van der Waals surface area contributed by atoms with E-state index in [2.05, 4.69) is 28.1 Å². The van der Waals surface area contributed by atoms with Gasteiger partial charge in [0.15, 0.2) is 11.5 Å². The molecule has 0 spiro atoms. The molecule has 11 nitrogen and oxygen atoms in total. The van der Waals surface area contributed by atoms with Gasteiger partial charge >= 0.3 is 5.97 Å². The molecule has 56 heavy (non-hydrogen) atoms. The molecule has 4 aromatic carbocycles. The zero-order valence-corrected chi connectivity index (χ0v) is 32.9. The summed E-state index contributed by atoms with van der Waals surface area (Å²) >= 11 is 2.70. The minimum absolute atomic E-state index is 0.0462. The number of methoxy groups -OCH3 is 4. The average Bonchev–Trinajstić information content (AvgIpc) is 3.59. The van der Waals surface area contributed by atoms with E-state index in [-0.39, 0.29) is 17.4 Å². The Hall–Kier alpha value is -6.05. The summed E-state index contributed by atoms with van der Waals surface area (Å²) in [6, 6.07) is 29.1. The van der Waals surface area contributed by atoms with E-state index in [9.17, 15) is 19.2 Å². The summed E-state index contributed by atoms with van der Waals surface area (Å²) in [6.07, 6.45) is 3.89. The Balaban J connectivity index is 1.17. The fourth-order valence-corrected chi connectivity index (χ4v) is 8.53. The highest BCUT2D eigenvalue weighted by molar-refractivity contribution is 8.00. The van der Waals surface area contributed by atoms with E-state index < -0.39 is 17.8 Å². The number of benzene rings is 4. The predicted octanol–water partition coefficient (Wildman–Crippen LogP) is 7.97. The van der Waals surface area contributed by atoms with E-state index in [1.807, 2.05) is 24.3 Å². The maximum atomic E-state index is 13.8. The monoisotopic (exact) mass is 791 g/mol. The summed E-state index contributed by atoms with van der Waals surface area (Å²) < 4.78 is 21.5. The molecule has 3 amide bonds. The van der Waals surface area contributed by atoms with Gasteiger partial charge in [-0.1, -0.05) is 54.6 Å². The smallest absolute Gasteiger partial charge is 0.341 e. The Morgan fingerprint density at radius 3 is 2.20 bits per heavy atom. The number of esters is 1. The van der Waals surface area contributed by atoms with Crippen molar-refractivity contribution in [2.75, 3.05) is 44.8 Å². The molecule has 0 saturated carbocycles. The summed E-state index contributed by atoms with van der Waals surface area (Å²) in [7, 11) is 5.82. The van der Waals surface area contributed by atoms with Crippen LogP contribution in [0.1, 0.15) is 54.6 Å². The van der Waals surface area contributed by atoms with Gasteiger partial charge in [-0.25, -0.2) is 4.79 Å². The molecule has 0 fully saturated rings. The molecule has 1 aliphatic carbocycles. The number of thiophene rings is 1. The first-order valence-corrected chi connectivity index (χ1v) is 19.5. The summed E-state index contributed by atoms with van der Waals surface area (Å²) in [5.41, 5.74) is 3.82. The standard InChI is InChI=1S/C43H41N3O8S2/c1-51-34-24-36(53-3)35(52-2)21-29(34)20-33(45-40(48)27-14-9-6-10-15-27)41(49)44-30-16-11-17-31(23-30)55-25-38(47)46-42-39(43(50)54-4)32-19-18-28(22-37(32)56-42)26-12-7-5-8-13-26/h5-17,20-21,23-24,28H,18-19,22,25H2,1-4H3,(H,44,49)(H,45,48)(H,46,47)/b33-20+. The van der Waals surface area contributed by atoms with E-state index >= 15 is 0 Å². The van der Waals surface area contributed by atoms with Gasteiger partial charge in [0.1, 0.15) is 16.4 Å². The third-order valence-electron chi connectivity index (χ3n) is 9.21. The van der Waals surface area contributed by atoms with Crippen LogP contribution in [0.4, 0.5) is 10.7 Å². The van der Waals surface area contributed by atoms with Gasteiger partial charge in [0, 0.05) is 32.7 Å². The van der Waals surface area contributed by atoms with E-state index in [1.54, 1.807) is 60.7 Å². The number of ether oxygens (including phenoxy) is 4. The SMILES string of the molecule is COC(=O)c1c(NC(=O)CSc2cccc(NC(=O)/C(=C\c3cc(OC)c(OC)cc3OC)NC(=O)c3ccccc3)c2)sc2c1CCC(c1ccccc1)C2. The molecule has 1 atom stereocenters. The topological polar surface area (TPSA) is 141 Å². The second-order valence-electron chi connectivity index (χ2n) is 12.7. The number of fused-ring (bicyclic) bond motifs is 1. The number of hydrogen-bond donors (Lipinski definition) is 3. The number of carbonyl (C=O) groups is 4. The predicted molar refractivity (Wildman–Crippen MR) is 219 cm³/mol. The molecule has 0 radical (unpaired) electrons. The summed E-state index contributed by atoms with van der Waals surface area (Å²) in [6.45, 7) is 0. The lowest BCUT2D eigenvalue weighted by Gasteiger charge is -2.22. The highest BCUT2D eigenvalue weighted by Crippen LogP contribution is 2.43. The van der Waals surface area contributed by atoms with Gasteiger partial charge in [-0.2, -0.15) is 0 Å². The quantitative estimate of drug-likeness (QED) is 0.0580. The first-order chi connectivity index (χ1) is 27.2. The van der Waals surface area contributed by atoms with Crippen LogP contribution in [0.5, 0.6) is 17.2 Å². The molecule has 5 aromatic rings. The van der Waals surface area contributed by atoms with Gasteiger partial charge in [0.2, 0.25) is 5.91 Å². The van der Waals surface area contributed by atoms with Gasteiger partial charge < -0.3 is 34.9 Å². The largest absolute Gasteiger partial charge is 0.496 e. The van der Waals surface area contributed by atoms with Crippen LogP contribution in [0.3, 0.4) is 0 Å².